The first kappa shape index (κ1) is 98.3. The number of hydrogen-bond acceptors (Lipinski definition) is 9. The van der Waals surface area contributed by atoms with Crippen LogP contribution in [0.25, 0.3) is 0 Å². The zero-order valence-electron chi connectivity index (χ0n) is 13.3. The topological polar surface area (TPSA) is 195 Å². The summed E-state index contributed by atoms with van der Waals surface area (Å²) in [6, 6.07) is 0. The van der Waals surface area contributed by atoms with E-state index in [2.05, 4.69) is 0 Å². The fourth-order valence-electron chi connectivity index (χ4n) is 0. The molecular weight excluding hydrogens is 437 g/mol. The van der Waals surface area contributed by atoms with E-state index in [1.165, 1.54) is 0 Å². The van der Waals surface area contributed by atoms with Crippen LogP contribution in [0.3, 0.4) is 0 Å². The van der Waals surface area contributed by atoms with Gasteiger partial charge in [0.05, 0.1) is 0 Å². The van der Waals surface area contributed by atoms with Crippen LogP contribution in [-0.4, -0.2) is 0 Å². The zero-order chi connectivity index (χ0) is 14.7. The molecule has 0 aliphatic heterocycles. The van der Waals surface area contributed by atoms with E-state index in [1.54, 1.807) is 0 Å². The maximum absolute atomic E-state index is 8.00. The summed E-state index contributed by atoms with van der Waals surface area (Å²) in [6.45, 7) is 28.5. The summed E-state index contributed by atoms with van der Waals surface area (Å²) in [5, 5.41) is 46.5. The Kier molecular flexibility index (Phi) is 2140. The average Bonchev–Trinajstić information content (AvgIpc) is 2.44. The first-order chi connectivity index (χ1) is 7.41. The molecular formula is C6HFeK4N7NaO2. The number of rotatable bonds is 0. The van der Waals surface area contributed by atoms with Crippen molar-refractivity contribution in [1.29, 1.82) is 31.6 Å². The smallest absolute Gasteiger partial charge is 1.00 e. The maximum atomic E-state index is 8.00. The van der Waals surface area contributed by atoms with E-state index in [4.69, 9.17) is 81.1 Å². The number of nitrogens with zero attached hydrogens (tertiary/aromatic N) is 7. The van der Waals surface area contributed by atoms with Gasteiger partial charge in [-0.05, 0) is 0 Å². The van der Waals surface area contributed by atoms with Crippen LogP contribution in [0.15, 0.2) is 5.34 Å². The Morgan fingerprint density at radius 1 is 0.619 bits per heavy atom. The third kappa shape index (κ3) is 631. The monoisotopic (exact) mass is 438 g/mol. The van der Waals surface area contributed by atoms with Crippen LogP contribution < -0.4 is 235 Å². The summed E-state index contributed by atoms with van der Waals surface area (Å²) in [6.07, 6.45) is 0. The third-order valence-electron chi connectivity index (χ3n) is 0. The van der Waals surface area contributed by atoms with Crippen molar-refractivity contribution in [3.05, 3.63) is 49.5 Å². The van der Waals surface area contributed by atoms with Crippen molar-refractivity contribution in [3.63, 3.8) is 0 Å². The Morgan fingerprint density at radius 3 is 0.619 bits per heavy atom. The van der Waals surface area contributed by atoms with Crippen LogP contribution in [0, 0.1) is 81.1 Å². The van der Waals surface area contributed by atoms with Crippen molar-refractivity contribution in [2.45, 2.75) is 0 Å². The van der Waals surface area contributed by atoms with Crippen LogP contribution in [-0.2, 0) is 17.1 Å². The molecule has 21 heavy (non-hydrogen) atoms. The van der Waals surface area contributed by atoms with E-state index in [0.29, 0.717) is 0 Å². The molecule has 0 rings (SSSR count). The van der Waals surface area contributed by atoms with Crippen LogP contribution in [0.2, 0.25) is 0 Å². The predicted octanol–water partition coefficient (Wildman–Crippen LogP) is -14.0. The van der Waals surface area contributed by atoms with Crippen molar-refractivity contribution >= 4 is 0 Å². The Hall–Kier alpha value is 4.40. The Morgan fingerprint density at radius 2 is 0.619 bits per heavy atom. The molecule has 0 N–H and O–H groups in total. The zero-order valence-corrected chi connectivity index (χ0v) is 27.9. The summed E-state index contributed by atoms with van der Waals surface area (Å²) in [5.41, 5.74) is 0. The van der Waals surface area contributed by atoms with Gasteiger partial charge in [-0.25, -0.2) is 0 Å². The molecule has 0 saturated heterocycles. The molecule has 0 atom stereocenters. The first-order valence-electron chi connectivity index (χ1n) is 1.71. The molecule has 0 spiro atoms. The van der Waals surface area contributed by atoms with E-state index >= 15 is 0 Å². The molecule has 0 saturated carbocycles. The van der Waals surface area contributed by atoms with Gasteiger partial charge in [-0.3, -0.25) is 0 Å². The molecule has 1 radical (unpaired) electrons. The second-order valence-electron chi connectivity index (χ2n) is 0.0745. The van der Waals surface area contributed by atoms with Gasteiger partial charge in [0.15, 0.2) is 0 Å². The predicted molar refractivity (Wildman–Crippen MR) is 40.1 cm³/mol. The maximum Gasteiger partial charge on any atom is 3.00 e. The van der Waals surface area contributed by atoms with Crippen molar-refractivity contribution in [3.8, 4) is 0 Å². The molecule has 0 bridgehead atoms. The molecule has 9 nitrogen and oxygen atoms in total. The molecule has 0 aromatic rings. The quantitative estimate of drug-likeness (QED) is 0.154. The Bertz CT molecular complexity index is 160. The van der Waals surface area contributed by atoms with E-state index in [1.807, 2.05) is 0 Å². The molecule has 15 heteroatoms. The van der Waals surface area contributed by atoms with Gasteiger partial charge in [0.1, 0.15) is 0 Å². The Balaban J connectivity index is -0.00000000270. The standard InChI is InChI=1S/6CN.Fe.4K.HNO2.Na.H/c6*1-2;;;;;;2-1-3;;/h;;;;;;;;;;;(H,2,3);;/q6*-1;+3;4*+1;;+1;-1/p-1. The minimum Gasteiger partial charge on any atom is -1.00 e. The van der Waals surface area contributed by atoms with Gasteiger partial charge in [-0.15, -0.1) is 5.34 Å². The SMILES string of the molecule is O=N[O-].[C-]#N.[C-]#N.[C-]#N.[C-]#N.[C-]#N.[C-]#N.[Fe+3].[H-].[K+].[K+].[K+].[K+].[Na+]. The molecule has 0 fully saturated rings. The first-order valence-corrected chi connectivity index (χ1v) is 1.71. The van der Waals surface area contributed by atoms with Crippen LogP contribution in [0.4, 0.5) is 0 Å². The fourth-order valence-corrected chi connectivity index (χ4v) is 0. The minimum absolute atomic E-state index is 0. The van der Waals surface area contributed by atoms with Crippen LogP contribution >= 0.6 is 0 Å². The molecule has 0 aromatic carbocycles. The van der Waals surface area contributed by atoms with Gasteiger partial charge < -0.3 is 82.5 Å². The molecule has 0 aromatic heterocycles. The summed E-state index contributed by atoms with van der Waals surface area (Å²) in [4.78, 5) is 8.00. The summed E-state index contributed by atoms with van der Waals surface area (Å²) in [7, 11) is 0. The largest absolute Gasteiger partial charge is 3.00 e. The molecule has 0 amide bonds. The van der Waals surface area contributed by atoms with Crippen molar-refractivity contribution in [2.24, 2.45) is 5.34 Å². The van der Waals surface area contributed by atoms with Crippen LogP contribution in [0.1, 0.15) is 1.43 Å². The normalized spacial score (nSPS) is 1.14. The van der Waals surface area contributed by atoms with E-state index < -0.39 is 0 Å². The van der Waals surface area contributed by atoms with Crippen molar-refractivity contribution in [1.82, 2.24) is 0 Å². The molecule has 0 heterocycles. The van der Waals surface area contributed by atoms with E-state index in [9.17, 15) is 0 Å². The number of hydrogen-bond donors (Lipinski definition) is 0. The summed E-state index contributed by atoms with van der Waals surface area (Å²) >= 11 is 0. The second kappa shape index (κ2) is 458. The van der Waals surface area contributed by atoms with Gasteiger partial charge in [-0.2, -0.15) is 0 Å². The molecule has 0 unspecified atom stereocenters. The third-order valence-corrected chi connectivity index (χ3v) is 0. The summed E-state index contributed by atoms with van der Waals surface area (Å²) < 4.78 is 0. The molecule has 85 valence electrons. The average molecular weight is 438 g/mol. The summed E-state index contributed by atoms with van der Waals surface area (Å²) in [5.74, 6) is 0. The second-order valence-corrected chi connectivity index (χ2v) is 0.0745. The minimum atomic E-state index is 0. The van der Waals surface area contributed by atoms with Gasteiger partial charge >= 0.3 is 252 Å². The van der Waals surface area contributed by atoms with E-state index in [-0.39, 0.29) is 254 Å². The fraction of sp³-hybridized carbons (Fsp3) is 0. The van der Waals surface area contributed by atoms with Crippen molar-refractivity contribution in [2.75, 3.05) is 0 Å². The van der Waals surface area contributed by atoms with Crippen molar-refractivity contribution < 1.29 is 254 Å². The van der Waals surface area contributed by atoms with E-state index in [0.717, 1.165) is 5.34 Å². The van der Waals surface area contributed by atoms with Gasteiger partial charge in [-0.1, -0.05) is 0 Å². The Labute approximate surface area is 330 Å². The van der Waals surface area contributed by atoms with Gasteiger partial charge in [0, 0.05) is 0 Å². The van der Waals surface area contributed by atoms with Gasteiger partial charge in [0.25, 0.3) is 0 Å². The van der Waals surface area contributed by atoms with Gasteiger partial charge in [0.2, 0.25) is 0 Å². The molecule has 0 aliphatic carbocycles. The molecule has 0 aliphatic rings. The van der Waals surface area contributed by atoms with Crippen LogP contribution in [0.5, 0.6) is 0 Å².